The van der Waals surface area contributed by atoms with Crippen LogP contribution >= 0.6 is 0 Å². The summed E-state index contributed by atoms with van der Waals surface area (Å²) in [5, 5.41) is 19.6. The first-order valence-electron chi connectivity index (χ1n) is 14.6. The van der Waals surface area contributed by atoms with E-state index in [1.807, 2.05) is 25.4 Å². The predicted octanol–water partition coefficient (Wildman–Crippen LogP) is 7.13. The van der Waals surface area contributed by atoms with Gasteiger partial charge in [-0.05, 0) is 86.0 Å². The molecule has 0 saturated heterocycles. The normalized spacial score (nSPS) is 36.9. The first-order valence-corrected chi connectivity index (χ1v) is 14.6. The van der Waals surface area contributed by atoms with E-state index in [4.69, 9.17) is 0 Å². The molecular weight excluding hydrogens is 488 g/mol. The third kappa shape index (κ3) is 4.94. The Labute approximate surface area is 235 Å². The number of carbonyl (C=O) groups excluding carboxylic acids is 3. The lowest BCUT2D eigenvalue weighted by Gasteiger charge is -2.61. The number of fused-ring (bicyclic) bond motifs is 1. The molecule has 3 aliphatic carbocycles. The number of rotatable bonds is 6. The Morgan fingerprint density at radius 1 is 1.15 bits per heavy atom. The molecular formula is C33H50N2O4. The molecule has 0 heterocycles. The minimum Gasteiger partial charge on any atom is -0.295 e. The molecule has 3 aliphatic rings. The maximum absolute atomic E-state index is 13.2. The minimum atomic E-state index is -0.719. The molecule has 1 amide bonds. The van der Waals surface area contributed by atoms with Crippen LogP contribution in [0, 0.1) is 55.7 Å². The molecule has 216 valence electrons. The van der Waals surface area contributed by atoms with E-state index in [-0.39, 0.29) is 45.7 Å². The second-order valence-electron chi connectivity index (χ2n) is 15.3. The van der Waals surface area contributed by atoms with Gasteiger partial charge in [0.1, 0.15) is 6.07 Å². The van der Waals surface area contributed by atoms with Crippen LogP contribution in [0.1, 0.15) is 114 Å². The second kappa shape index (κ2) is 9.98. The van der Waals surface area contributed by atoms with E-state index in [9.17, 15) is 24.9 Å². The number of hydrogen-bond acceptors (Lipinski definition) is 5. The van der Waals surface area contributed by atoms with Crippen molar-refractivity contribution in [3.05, 3.63) is 23.3 Å². The summed E-state index contributed by atoms with van der Waals surface area (Å²) in [7, 11) is 0. The van der Waals surface area contributed by atoms with Crippen molar-refractivity contribution in [3.8, 4) is 6.07 Å². The second-order valence-corrected chi connectivity index (χ2v) is 15.3. The number of nitriles is 1. The van der Waals surface area contributed by atoms with Gasteiger partial charge in [-0.3, -0.25) is 19.6 Å². The van der Waals surface area contributed by atoms with Gasteiger partial charge < -0.3 is 0 Å². The molecule has 2 N–H and O–H groups in total. The molecule has 6 nitrogen and oxygen atoms in total. The molecule has 0 bridgehead atoms. The van der Waals surface area contributed by atoms with Crippen LogP contribution in [0.15, 0.2) is 23.3 Å². The monoisotopic (exact) mass is 538 g/mol. The topological polar surface area (TPSA) is 107 Å². The highest BCUT2D eigenvalue weighted by Crippen LogP contribution is 2.67. The zero-order chi connectivity index (χ0) is 29.8. The summed E-state index contributed by atoms with van der Waals surface area (Å²) in [6.07, 6.45) is 9.11. The van der Waals surface area contributed by atoms with E-state index >= 15 is 0 Å². The first-order chi connectivity index (χ1) is 17.7. The predicted molar refractivity (Wildman–Crippen MR) is 152 cm³/mol. The molecule has 0 radical (unpaired) electrons. The number of Topliss-reactive ketones (excluding diaryl/α,β-unsaturated/α-hetero) is 1. The molecule has 2 fully saturated rings. The van der Waals surface area contributed by atoms with Gasteiger partial charge >= 0.3 is 0 Å². The highest BCUT2D eigenvalue weighted by molar-refractivity contribution is 6.04. The summed E-state index contributed by atoms with van der Waals surface area (Å²) in [6.45, 7) is 20.8. The number of carbonyl (C=O) groups is 3. The third-order valence-corrected chi connectivity index (χ3v) is 11.7. The van der Waals surface area contributed by atoms with Crippen molar-refractivity contribution in [2.75, 3.05) is 0 Å². The van der Waals surface area contributed by atoms with Gasteiger partial charge in [0.05, 0.1) is 11.0 Å². The fraction of sp³-hybridized carbons (Fsp3) is 0.758. The Morgan fingerprint density at radius 2 is 1.77 bits per heavy atom. The minimum absolute atomic E-state index is 0.0313. The van der Waals surface area contributed by atoms with Crippen LogP contribution < -0.4 is 5.48 Å². The molecule has 0 aromatic rings. The molecule has 0 spiro atoms. The van der Waals surface area contributed by atoms with E-state index < -0.39 is 21.7 Å². The smallest absolute Gasteiger partial charge is 0.249 e. The molecule has 0 aromatic heterocycles. The number of allylic oxidation sites excluding steroid dienone is 4. The summed E-state index contributed by atoms with van der Waals surface area (Å²) < 4.78 is 0. The highest BCUT2D eigenvalue weighted by Gasteiger charge is 2.61. The molecule has 0 aliphatic heterocycles. The number of hydroxylamine groups is 1. The number of nitrogens with zero attached hydrogens (tertiary/aromatic N) is 1. The lowest BCUT2D eigenvalue weighted by Crippen LogP contribution is -2.56. The van der Waals surface area contributed by atoms with Crippen LogP contribution in [0.5, 0.6) is 0 Å². The van der Waals surface area contributed by atoms with Gasteiger partial charge in [0.2, 0.25) is 5.91 Å². The van der Waals surface area contributed by atoms with Gasteiger partial charge in [-0.25, -0.2) is 5.48 Å². The van der Waals surface area contributed by atoms with E-state index in [0.29, 0.717) is 6.42 Å². The largest absolute Gasteiger partial charge is 0.295 e. The average Bonchev–Trinajstić information content (AvgIpc) is 2.82. The van der Waals surface area contributed by atoms with Gasteiger partial charge in [0.25, 0.3) is 0 Å². The Morgan fingerprint density at radius 3 is 2.28 bits per heavy atom. The first kappa shape index (κ1) is 31.3. The lowest BCUT2D eigenvalue weighted by molar-refractivity contribution is -0.149. The zero-order valence-corrected chi connectivity index (χ0v) is 25.9. The van der Waals surface area contributed by atoms with Gasteiger partial charge in [-0.2, -0.15) is 5.26 Å². The van der Waals surface area contributed by atoms with Crippen LogP contribution in [0.25, 0.3) is 0 Å². The summed E-state index contributed by atoms with van der Waals surface area (Å²) in [5.74, 6) is -0.380. The van der Waals surface area contributed by atoms with Crippen LogP contribution in [-0.4, -0.2) is 22.7 Å². The fourth-order valence-corrected chi connectivity index (χ4v) is 8.79. The van der Waals surface area contributed by atoms with Crippen molar-refractivity contribution in [3.63, 3.8) is 0 Å². The molecule has 1 unspecified atom stereocenters. The summed E-state index contributed by atoms with van der Waals surface area (Å²) in [5.41, 5.74) is 0.579. The maximum atomic E-state index is 13.2. The van der Waals surface area contributed by atoms with Crippen molar-refractivity contribution in [1.82, 2.24) is 5.48 Å². The van der Waals surface area contributed by atoms with E-state index in [1.54, 1.807) is 13.0 Å². The highest BCUT2D eigenvalue weighted by atomic mass is 16.5. The molecule has 6 heteroatoms. The zero-order valence-electron chi connectivity index (χ0n) is 25.9. The van der Waals surface area contributed by atoms with Crippen LogP contribution in [0.3, 0.4) is 0 Å². The van der Waals surface area contributed by atoms with E-state index in [1.165, 1.54) is 0 Å². The van der Waals surface area contributed by atoms with Gasteiger partial charge in [-0.15, -0.1) is 0 Å². The van der Waals surface area contributed by atoms with E-state index in [0.717, 1.165) is 44.1 Å². The molecule has 3 rings (SSSR count). The van der Waals surface area contributed by atoms with Crippen molar-refractivity contribution >= 4 is 17.5 Å². The fourth-order valence-electron chi connectivity index (χ4n) is 8.79. The quantitative estimate of drug-likeness (QED) is 0.212. The maximum Gasteiger partial charge on any atom is 0.249 e. The van der Waals surface area contributed by atoms with Crippen molar-refractivity contribution in [1.29, 1.82) is 5.26 Å². The molecule has 0 aromatic carbocycles. The SMILES string of the molecule is CC(=O)/C=C1/[C@@]2(C)C=C(C#N)C(=O)C(C)(C)[C@@H]2CC[C@@]1(C)C(C)(C)CC[C@@]1(C(=O)NO)CCC(C)(C)CC1C. The van der Waals surface area contributed by atoms with Crippen LogP contribution in [0.2, 0.25) is 0 Å². The summed E-state index contributed by atoms with van der Waals surface area (Å²) >= 11 is 0. The number of nitrogens with one attached hydrogen (secondary N) is 1. The standard InChI is InChI=1S/C33H50N2O4/c1-21-18-28(3,4)13-15-33(21,27(38)35-39)16-14-29(5,6)32(10)12-11-24-30(7,8)26(37)23(20-34)19-31(24,9)25(32)17-22(2)36/h17,19,21,24,39H,11-16,18H2,1-10H3,(H,35,38)/b25-17-/t21?,24-,31-,32+,33-/m0/s1. The molecule has 2 saturated carbocycles. The lowest BCUT2D eigenvalue weighted by atomic mass is 9.42. The van der Waals surface area contributed by atoms with Crippen LogP contribution in [-0.2, 0) is 14.4 Å². The molecule has 39 heavy (non-hydrogen) atoms. The summed E-state index contributed by atoms with van der Waals surface area (Å²) in [4.78, 5) is 39.1. The van der Waals surface area contributed by atoms with Crippen LogP contribution in [0.4, 0.5) is 0 Å². The number of ketones is 2. The Hall–Kier alpha value is -2.26. The van der Waals surface area contributed by atoms with Gasteiger partial charge in [0, 0.05) is 10.8 Å². The Bertz CT molecular complexity index is 1150. The van der Waals surface area contributed by atoms with Gasteiger partial charge in [0.15, 0.2) is 11.6 Å². The van der Waals surface area contributed by atoms with Gasteiger partial charge in [-0.1, -0.05) is 74.0 Å². The van der Waals surface area contributed by atoms with E-state index in [2.05, 4.69) is 54.5 Å². The average molecular weight is 539 g/mol. The number of amides is 1. The van der Waals surface area contributed by atoms with Crippen molar-refractivity contribution in [2.45, 2.75) is 114 Å². The third-order valence-electron chi connectivity index (χ3n) is 11.7. The van der Waals surface area contributed by atoms with Crippen molar-refractivity contribution in [2.24, 2.45) is 44.3 Å². The van der Waals surface area contributed by atoms with Crippen molar-refractivity contribution < 1.29 is 19.6 Å². The summed E-state index contributed by atoms with van der Waals surface area (Å²) in [6, 6.07) is 2.14. The Balaban J connectivity index is 2.08. The Kier molecular flexibility index (Phi) is 8.00. The number of hydrogen-bond donors (Lipinski definition) is 2. The molecule has 5 atom stereocenters.